The number of ether oxygens (including phenoxy) is 1. The molecule has 142 valence electrons. The van der Waals surface area contributed by atoms with Crippen LogP contribution in [0.2, 0.25) is 0 Å². The maximum Gasteiger partial charge on any atom is 0.419 e. The van der Waals surface area contributed by atoms with Gasteiger partial charge in [-0.15, -0.1) is 0 Å². The van der Waals surface area contributed by atoms with Crippen molar-refractivity contribution < 1.29 is 29.3 Å². The molecule has 0 aromatic heterocycles. The molecule has 2 aromatic carbocycles. The number of carboxylic acid groups (broad SMARTS) is 1. The van der Waals surface area contributed by atoms with Crippen molar-refractivity contribution >= 4 is 18.0 Å². The minimum absolute atomic E-state index is 0.0640. The van der Waals surface area contributed by atoms with Crippen molar-refractivity contribution in [3.8, 4) is 0 Å². The van der Waals surface area contributed by atoms with E-state index in [1.54, 1.807) is 60.7 Å². The largest absolute Gasteiger partial charge is 0.478 e. The fourth-order valence-corrected chi connectivity index (χ4v) is 2.34. The molecule has 2 atom stereocenters. The van der Waals surface area contributed by atoms with Crippen molar-refractivity contribution in [2.45, 2.75) is 25.3 Å². The third-order valence-corrected chi connectivity index (χ3v) is 3.72. The zero-order valence-corrected chi connectivity index (χ0v) is 14.4. The molecule has 4 N–H and O–H groups in total. The van der Waals surface area contributed by atoms with Crippen molar-refractivity contribution in [1.29, 1.82) is 0 Å². The van der Waals surface area contributed by atoms with Crippen LogP contribution >= 0.6 is 0 Å². The number of amides is 2. The third kappa shape index (κ3) is 5.63. The van der Waals surface area contributed by atoms with Crippen molar-refractivity contribution in [3.63, 3.8) is 0 Å². The highest BCUT2D eigenvalue weighted by molar-refractivity contribution is 5.98. The molecular weight excluding hydrogens is 352 g/mol. The van der Waals surface area contributed by atoms with Gasteiger partial charge in [0.2, 0.25) is 6.23 Å². The van der Waals surface area contributed by atoms with Gasteiger partial charge in [-0.3, -0.25) is 4.79 Å². The number of carbonyl (C=O) groups excluding carboxylic acids is 2. The summed E-state index contributed by atoms with van der Waals surface area (Å²) in [6.07, 6.45) is -3.63. The Balaban J connectivity index is 2.11. The highest BCUT2D eigenvalue weighted by atomic mass is 16.6. The summed E-state index contributed by atoms with van der Waals surface area (Å²) in [5.74, 6) is -2.82. The summed E-state index contributed by atoms with van der Waals surface area (Å²) < 4.78 is 4.97. The normalized spacial score (nSPS) is 12.7. The molecule has 2 aromatic rings. The number of imide groups is 1. The fourth-order valence-electron chi connectivity index (χ4n) is 2.34. The molecule has 8 heteroatoms. The summed E-state index contributed by atoms with van der Waals surface area (Å²) in [4.78, 5) is 36.0. The van der Waals surface area contributed by atoms with Gasteiger partial charge < -0.3 is 20.7 Å². The van der Waals surface area contributed by atoms with Crippen LogP contribution in [0.25, 0.3) is 0 Å². The maximum atomic E-state index is 12.5. The molecule has 0 heterocycles. The van der Waals surface area contributed by atoms with Crippen LogP contribution in [0.1, 0.15) is 11.1 Å². The topological polar surface area (TPSA) is 130 Å². The van der Waals surface area contributed by atoms with Crippen molar-refractivity contribution in [3.05, 3.63) is 71.8 Å². The third-order valence-electron chi connectivity index (χ3n) is 3.72. The summed E-state index contributed by atoms with van der Waals surface area (Å²) in [6.45, 7) is -0.191. The quantitative estimate of drug-likeness (QED) is 0.621. The second-order valence-electron chi connectivity index (χ2n) is 5.76. The lowest BCUT2D eigenvalue weighted by Gasteiger charge is -2.25. The van der Waals surface area contributed by atoms with Gasteiger partial charge in [0, 0.05) is 0 Å². The van der Waals surface area contributed by atoms with Crippen LogP contribution in [0, 0.1) is 0 Å². The highest BCUT2D eigenvalue weighted by Gasteiger charge is 2.37. The van der Waals surface area contributed by atoms with Gasteiger partial charge in [-0.2, -0.15) is 0 Å². The van der Waals surface area contributed by atoms with E-state index in [1.807, 2.05) is 0 Å². The molecule has 0 bridgehead atoms. The molecule has 0 aliphatic carbocycles. The molecule has 0 spiro atoms. The first kappa shape index (κ1) is 20.1. The van der Waals surface area contributed by atoms with Crippen molar-refractivity contribution in [2.24, 2.45) is 5.73 Å². The Morgan fingerprint density at radius 2 is 1.48 bits per heavy atom. The van der Waals surface area contributed by atoms with E-state index in [2.05, 4.69) is 0 Å². The van der Waals surface area contributed by atoms with E-state index < -0.39 is 30.2 Å². The van der Waals surface area contributed by atoms with Gasteiger partial charge in [-0.05, 0) is 17.5 Å². The predicted octanol–water partition coefficient (Wildman–Crippen LogP) is 1.12. The molecule has 2 amide bonds. The first-order valence-corrected chi connectivity index (χ1v) is 8.14. The lowest BCUT2D eigenvalue weighted by Crippen LogP contribution is -2.54. The second-order valence-corrected chi connectivity index (χ2v) is 5.76. The average Bonchev–Trinajstić information content (AvgIpc) is 2.67. The van der Waals surface area contributed by atoms with Crippen LogP contribution in [0.5, 0.6) is 0 Å². The molecule has 27 heavy (non-hydrogen) atoms. The highest BCUT2D eigenvalue weighted by Crippen LogP contribution is 2.10. The van der Waals surface area contributed by atoms with E-state index >= 15 is 0 Å². The summed E-state index contributed by atoms with van der Waals surface area (Å²) in [5.41, 5.74) is 7.19. The molecule has 0 fully saturated rings. The van der Waals surface area contributed by atoms with Crippen molar-refractivity contribution in [2.75, 3.05) is 0 Å². The number of nitrogens with zero attached hydrogens (tertiary/aromatic N) is 1. The van der Waals surface area contributed by atoms with Crippen LogP contribution in [-0.2, 0) is 27.4 Å². The molecule has 0 radical (unpaired) electrons. The van der Waals surface area contributed by atoms with Gasteiger partial charge in [0.1, 0.15) is 6.61 Å². The lowest BCUT2D eigenvalue weighted by molar-refractivity contribution is -0.163. The van der Waals surface area contributed by atoms with Crippen LogP contribution in [-0.4, -0.2) is 45.4 Å². The van der Waals surface area contributed by atoms with Crippen LogP contribution in [0.3, 0.4) is 0 Å². The second kappa shape index (κ2) is 9.46. The molecule has 2 rings (SSSR count). The maximum absolute atomic E-state index is 12.5. The zero-order chi connectivity index (χ0) is 19.8. The minimum atomic E-state index is -2.40. The van der Waals surface area contributed by atoms with E-state index in [-0.39, 0.29) is 17.9 Å². The summed E-state index contributed by atoms with van der Waals surface area (Å²) in [5, 5.41) is 18.8. The fraction of sp³-hybridized carbons (Fsp3) is 0.211. The number of aliphatic hydroxyl groups is 1. The molecule has 0 saturated carbocycles. The zero-order valence-electron chi connectivity index (χ0n) is 14.4. The smallest absolute Gasteiger partial charge is 0.419 e. The number of aliphatic carboxylic acids is 1. The van der Waals surface area contributed by atoms with Gasteiger partial charge in [0.05, 0.1) is 6.04 Å². The summed E-state index contributed by atoms with van der Waals surface area (Å²) in [7, 11) is 0. The first-order valence-electron chi connectivity index (χ1n) is 8.14. The van der Waals surface area contributed by atoms with E-state index in [1.165, 1.54) is 0 Å². The number of hydrogen-bond acceptors (Lipinski definition) is 6. The summed E-state index contributed by atoms with van der Waals surface area (Å²) >= 11 is 0. The molecular formula is C19H20N2O6. The van der Waals surface area contributed by atoms with Gasteiger partial charge >= 0.3 is 12.1 Å². The number of carboxylic acids is 1. The number of aliphatic hydroxyl groups excluding tert-OH is 1. The van der Waals surface area contributed by atoms with Gasteiger partial charge in [0.15, 0.2) is 0 Å². The lowest BCUT2D eigenvalue weighted by atomic mass is 10.1. The Hall–Kier alpha value is -3.23. The van der Waals surface area contributed by atoms with E-state index in [0.717, 1.165) is 5.56 Å². The van der Waals surface area contributed by atoms with Crippen LogP contribution in [0.4, 0.5) is 4.79 Å². The number of hydrogen-bond donors (Lipinski definition) is 3. The average molecular weight is 372 g/mol. The van der Waals surface area contributed by atoms with E-state index in [0.29, 0.717) is 5.56 Å². The van der Waals surface area contributed by atoms with Crippen molar-refractivity contribution in [1.82, 2.24) is 4.90 Å². The standard InChI is InChI=1S/C19H20N2O6/c20-15(11-13-7-3-1-4-8-13)16(22)21(17(23)18(24)25)19(26)27-12-14-9-5-2-6-10-14/h1-10,15,17,23H,11-12,20H2,(H,24,25)/t15-,17?/m0/s1. The molecule has 0 aliphatic rings. The Kier molecular flexibility index (Phi) is 7.04. The molecule has 0 aliphatic heterocycles. The monoisotopic (exact) mass is 372 g/mol. The molecule has 8 nitrogen and oxygen atoms in total. The first-order chi connectivity index (χ1) is 12.9. The predicted molar refractivity (Wildman–Crippen MR) is 95.2 cm³/mol. The Morgan fingerprint density at radius 3 is 2.00 bits per heavy atom. The van der Waals surface area contributed by atoms with E-state index in [9.17, 15) is 19.5 Å². The Labute approximate surface area is 155 Å². The number of nitrogens with two attached hydrogens (primary N) is 1. The number of benzene rings is 2. The van der Waals surface area contributed by atoms with E-state index in [4.69, 9.17) is 15.6 Å². The van der Waals surface area contributed by atoms with Crippen LogP contribution < -0.4 is 5.73 Å². The molecule has 1 unspecified atom stereocenters. The SMILES string of the molecule is N[C@@H](Cc1ccccc1)C(=O)N(C(=O)OCc1ccccc1)C(O)C(=O)O. The van der Waals surface area contributed by atoms with Gasteiger partial charge in [-0.1, -0.05) is 60.7 Å². The van der Waals surface area contributed by atoms with Gasteiger partial charge in [0.25, 0.3) is 5.91 Å². The Bertz CT molecular complexity index is 781. The number of carbonyl (C=O) groups is 3. The summed E-state index contributed by atoms with van der Waals surface area (Å²) in [6, 6.07) is 16.2. The van der Waals surface area contributed by atoms with Gasteiger partial charge in [-0.25, -0.2) is 14.5 Å². The molecule has 0 saturated heterocycles. The Morgan fingerprint density at radius 1 is 0.963 bits per heavy atom. The van der Waals surface area contributed by atoms with Crippen LogP contribution in [0.15, 0.2) is 60.7 Å². The number of rotatable bonds is 7. The minimum Gasteiger partial charge on any atom is -0.478 e.